The van der Waals surface area contributed by atoms with Crippen molar-refractivity contribution in [1.82, 2.24) is 9.78 Å². The van der Waals surface area contributed by atoms with Gasteiger partial charge in [-0.1, -0.05) is 48.0 Å². The van der Waals surface area contributed by atoms with E-state index < -0.39 is 5.97 Å². The first-order valence-electron chi connectivity index (χ1n) is 10.1. The summed E-state index contributed by atoms with van der Waals surface area (Å²) in [4.78, 5) is 27.0. The number of carbonyl (C=O) groups excluding carboxylic acids is 2. The number of hydrogen-bond donors (Lipinski definition) is 0. The second kappa shape index (κ2) is 8.14. The van der Waals surface area contributed by atoms with Crippen LogP contribution in [-0.4, -0.2) is 34.8 Å². The molecule has 0 radical (unpaired) electrons. The van der Waals surface area contributed by atoms with E-state index in [1.54, 1.807) is 16.5 Å². The van der Waals surface area contributed by atoms with Crippen molar-refractivity contribution >= 4 is 17.6 Å². The first-order chi connectivity index (χ1) is 14.4. The highest BCUT2D eigenvalue weighted by atomic mass is 16.5. The Balaban J connectivity index is 1.43. The molecule has 0 N–H and O–H groups in total. The van der Waals surface area contributed by atoms with Gasteiger partial charge in [-0.2, -0.15) is 5.10 Å². The van der Waals surface area contributed by atoms with Crippen molar-refractivity contribution in [2.24, 2.45) is 0 Å². The Bertz CT molecular complexity index is 1100. The molecule has 0 atom stereocenters. The predicted molar refractivity (Wildman–Crippen MR) is 115 cm³/mol. The van der Waals surface area contributed by atoms with Crippen LogP contribution in [0.5, 0.6) is 0 Å². The first-order valence-corrected chi connectivity index (χ1v) is 10.1. The van der Waals surface area contributed by atoms with E-state index >= 15 is 0 Å². The van der Waals surface area contributed by atoms with E-state index in [0.29, 0.717) is 24.3 Å². The molecular formula is C24H25N3O3. The van der Waals surface area contributed by atoms with Gasteiger partial charge < -0.3 is 9.64 Å². The van der Waals surface area contributed by atoms with Gasteiger partial charge in [-0.3, -0.25) is 9.48 Å². The predicted octanol–water partition coefficient (Wildman–Crippen LogP) is 3.60. The van der Waals surface area contributed by atoms with Gasteiger partial charge in [0, 0.05) is 12.2 Å². The Hall–Kier alpha value is -3.41. The van der Waals surface area contributed by atoms with Crippen LogP contribution in [-0.2, 0) is 22.5 Å². The molecule has 6 nitrogen and oxygen atoms in total. The zero-order valence-electron chi connectivity index (χ0n) is 17.5. The van der Waals surface area contributed by atoms with E-state index in [1.165, 1.54) is 5.56 Å². The molecule has 1 aliphatic heterocycles. The van der Waals surface area contributed by atoms with Gasteiger partial charge in [-0.05, 0) is 44.4 Å². The van der Waals surface area contributed by atoms with Gasteiger partial charge in [0.2, 0.25) is 0 Å². The van der Waals surface area contributed by atoms with Crippen molar-refractivity contribution in [3.63, 3.8) is 0 Å². The molecule has 0 fully saturated rings. The van der Waals surface area contributed by atoms with Crippen LogP contribution in [0.4, 0.5) is 5.69 Å². The second-order valence-electron chi connectivity index (χ2n) is 7.69. The summed E-state index contributed by atoms with van der Waals surface area (Å²) in [6, 6.07) is 16.0. The molecular weight excluding hydrogens is 378 g/mol. The summed E-state index contributed by atoms with van der Waals surface area (Å²) in [5.74, 6) is -0.725. The van der Waals surface area contributed by atoms with Gasteiger partial charge in [0.1, 0.15) is 5.56 Å². The lowest BCUT2D eigenvalue weighted by molar-refractivity contribution is -0.121. The van der Waals surface area contributed by atoms with E-state index in [2.05, 4.69) is 29.4 Å². The molecule has 3 aromatic rings. The molecule has 0 saturated heterocycles. The first kappa shape index (κ1) is 19.9. The van der Waals surface area contributed by atoms with Crippen LogP contribution in [0.25, 0.3) is 0 Å². The van der Waals surface area contributed by atoms with Crippen LogP contribution < -0.4 is 4.90 Å². The maximum atomic E-state index is 12.7. The fourth-order valence-electron chi connectivity index (χ4n) is 3.89. The molecule has 0 spiro atoms. The molecule has 6 heteroatoms. The number of nitrogens with zero attached hydrogens (tertiary/aromatic N) is 3. The van der Waals surface area contributed by atoms with E-state index in [1.807, 2.05) is 38.1 Å². The largest absolute Gasteiger partial charge is 0.452 e. The molecule has 1 aliphatic rings. The Morgan fingerprint density at radius 3 is 2.53 bits per heavy atom. The van der Waals surface area contributed by atoms with Gasteiger partial charge in [-0.15, -0.1) is 0 Å². The summed E-state index contributed by atoms with van der Waals surface area (Å²) in [6.07, 6.45) is 0.819. The van der Waals surface area contributed by atoms with Crippen LogP contribution in [0.1, 0.15) is 38.4 Å². The number of esters is 1. The third-order valence-electron chi connectivity index (χ3n) is 5.55. The van der Waals surface area contributed by atoms with Gasteiger partial charge in [-0.25, -0.2) is 4.79 Å². The number of hydrogen-bond acceptors (Lipinski definition) is 4. The minimum atomic E-state index is -0.513. The third-order valence-corrected chi connectivity index (χ3v) is 5.55. The van der Waals surface area contributed by atoms with Gasteiger partial charge in [0.05, 0.1) is 17.9 Å². The molecule has 0 aliphatic carbocycles. The highest BCUT2D eigenvalue weighted by molar-refractivity contribution is 5.99. The molecule has 2 aromatic carbocycles. The summed E-state index contributed by atoms with van der Waals surface area (Å²) in [6.45, 7) is 6.58. The SMILES string of the molecule is Cc1ccc(Cn2nc(C)c(C(=O)OCC(=O)N3CCc4ccccc43)c2C)cc1. The molecule has 2 heterocycles. The maximum absolute atomic E-state index is 12.7. The van der Waals surface area contributed by atoms with E-state index in [-0.39, 0.29) is 12.5 Å². The smallest absolute Gasteiger partial charge is 0.342 e. The lowest BCUT2D eigenvalue weighted by Gasteiger charge is -2.17. The maximum Gasteiger partial charge on any atom is 0.342 e. The van der Waals surface area contributed by atoms with Crippen LogP contribution in [0.3, 0.4) is 0 Å². The number of para-hydroxylation sites is 1. The Labute approximate surface area is 176 Å². The van der Waals surface area contributed by atoms with Crippen LogP contribution >= 0.6 is 0 Å². The Morgan fingerprint density at radius 1 is 1.03 bits per heavy atom. The van der Waals surface area contributed by atoms with Crippen LogP contribution in [0.15, 0.2) is 48.5 Å². The normalized spacial score (nSPS) is 12.7. The van der Waals surface area contributed by atoms with Gasteiger partial charge >= 0.3 is 5.97 Å². The molecule has 1 amide bonds. The molecule has 1 aromatic heterocycles. The third kappa shape index (κ3) is 3.85. The number of aryl methyl sites for hydroxylation is 2. The zero-order chi connectivity index (χ0) is 21.3. The minimum Gasteiger partial charge on any atom is -0.452 e. The number of anilines is 1. The van der Waals surface area contributed by atoms with Crippen LogP contribution in [0.2, 0.25) is 0 Å². The number of amides is 1. The molecule has 0 unspecified atom stereocenters. The summed E-state index contributed by atoms with van der Waals surface area (Å²) < 4.78 is 7.18. The van der Waals surface area contributed by atoms with Crippen molar-refractivity contribution in [3.8, 4) is 0 Å². The summed E-state index contributed by atoms with van der Waals surface area (Å²) in [5.41, 5.74) is 6.10. The Kier molecular flexibility index (Phi) is 5.40. The van der Waals surface area contributed by atoms with Crippen molar-refractivity contribution in [2.75, 3.05) is 18.1 Å². The minimum absolute atomic E-state index is 0.212. The average Bonchev–Trinajstić information content (AvgIpc) is 3.28. The number of rotatable bonds is 5. The summed E-state index contributed by atoms with van der Waals surface area (Å²) in [7, 11) is 0. The molecule has 30 heavy (non-hydrogen) atoms. The monoisotopic (exact) mass is 403 g/mol. The number of carbonyl (C=O) groups is 2. The quantitative estimate of drug-likeness (QED) is 0.611. The molecule has 0 saturated carbocycles. The van der Waals surface area contributed by atoms with Crippen molar-refractivity contribution in [2.45, 2.75) is 33.7 Å². The highest BCUT2D eigenvalue weighted by Gasteiger charge is 2.26. The van der Waals surface area contributed by atoms with Crippen molar-refractivity contribution in [1.29, 1.82) is 0 Å². The topological polar surface area (TPSA) is 64.4 Å². The van der Waals surface area contributed by atoms with Crippen LogP contribution in [0, 0.1) is 20.8 Å². The number of fused-ring (bicyclic) bond motifs is 1. The molecule has 154 valence electrons. The number of ether oxygens (including phenoxy) is 1. The van der Waals surface area contributed by atoms with Crippen molar-refractivity contribution < 1.29 is 14.3 Å². The number of aromatic nitrogens is 2. The molecule has 0 bridgehead atoms. The zero-order valence-corrected chi connectivity index (χ0v) is 17.5. The summed E-state index contributed by atoms with van der Waals surface area (Å²) >= 11 is 0. The average molecular weight is 403 g/mol. The lowest BCUT2D eigenvalue weighted by Crippen LogP contribution is -2.33. The van der Waals surface area contributed by atoms with Gasteiger partial charge in [0.25, 0.3) is 5.91 Å². The lowest BCUT2D eigenvalue weighted by atomic mass is 10.1. The van der Waals surface area contributed by atoms with E-state index in [0.717, 1.165) is 28.9 Å². The fraction of sp³-hybridized carbons (Fsp3) is 0.292. The number of benzene rings is 2. The van der Waals surface area contributed by atoms with E-state index in [4.69, 9.17) is 4.74 Å². The fourth-order valence-corrected chi connectivity index (χ4v) is 3.89. The van der Waals surface area contributed by atoms with E-state index in [9.17, 15) is 9.59 Å². The van der Waals surface area contributed by atoms with Gasteiger partial charge in [0.15, 0.2) is 6.61 Å². The standard InChI is InChI=1S/C24H25N3O3/c1-16-8-10-19(11-9-16)14-27-18(3)23(17(2)25-27)24(29)30-15-22(28)26-13-12-20-6-4-5-7-21(20)26/h4-11H,12-15H2,1-3H3. The highest BCUT2D eigenvalue weighted by Crippen LogP contribution is 2.27. The Morgan fingerprint density at radius 2 is 1.77 bits per heavy atom. The van der Waals surface area contributed by atoms with Crippen molar-refractivity contribution in [3.05, 3.63) is 82.2 Å². The molecule has 4 rings (SSSR count). The second-order valence-corrected chi connectivity index (χ2v) is 7.69. The summed E-state index contributed by atoms with van der Waals surface area (Å²) in [5, 5.41) is 4.50.